The second kappa shape index (κ2) is 8.19. The molecule has 0 N–H and O–H groups in total. The standard InChI is InChI=1S/C16H20O5/c1-4-20-16(19)14(18)9-13(17)12-7-5-6-8-15(12)21-10-11(2)3/h5-8,11H,4,9-10H2,1-3H3. The highest BCUT2D eigenvalue weighted by molar-refractivity contribution is 6.38. The minimum atomic E-state index is -0.980. The van der Waals surface area contributed by atoms with Gasteiger partial charge in [-0.25, -0.2) is 4.79 Å². The molecule has 0 aliphatic carbocycles. The van der Waals surface area contributed by atoms with E-state index in [1.807, 2.05) is 13.8 Å². The first kappa shape index (κ1) is 16.9. The van der Waals surface area contributed by atoms with E-state index >= 15 is 0 Å². The van der Waals surface area contributed by atoms with Gasteiger partial charge in [0.15, 0.2) is 5.78 Å². The van der Waals surface area contributed by atoms with Gasteiger partial charge >= 0.3 is 5.97 Å². The van der Waals surface area contributed by atoms with Crippen molar-refractivity contribution in [1.82, 2.24) is 0 Å². The summed E-state index contributed by atoms with van der Waals surface area (Å²) in [6.07, 6.45) is -0.513. The van der Waals surface area contributed by atoms with Crippen molar-refractivity contribution in [3.8, 4) is 5.75 Å². The number of ketones is 2. The van der Waals surface area contributed by atoms with Crippen molar-refractivity contribution in [2.75, 3.05) is 13.2 Å². The van der Waals surface area contributed by atoms with Gasteiger partial charge in [0.25, 0.3) is 0 Å². The molecule has 0 radical (unpaired) electrons. The molecule has 0 atom stereocenters. The molecule has 1 aromatic rings. The molecule has 1 aromatic carbocycles. The van der Waals surface area contributed by atoms with Crippen molar-refractivity contribution in [2.45, 2.75) is 27.2 Å². The SMILES string of the molecule is CCOC(=O)C(=O)CC(=O)c1ccccc1OCC(C)C. The maximum absolute atomic E-state index is 12.1. The minimum Gasteiger partial charge on any atom is -0.493 e. The molecule has 0 saturated carbocycles. The first-order valence-corrected chi connectivity index (χ1v) is 6.90. The maximum atomic E-state index is 12.1. The van der Waals surface area contributed by atoms with Crippen LogP contribution < -0.4 is 4.74 Å². The number of Topliss-reactive ketones (excluding diaryl/α,β-unsaturated/α-hetero) is 2. The highest BCUT2D eigenvalue weighted by Crippen LogP contribution is 2.20. The van der Waals surface area contributed by atoms with Crippen LogP contribution in [0.3, 0.4) is 0 Å². The van der Waals surface area contributed by atoms with Gasteiger partial charge in [-0.3, -0.25) is 9.59 Å². The van der Waals surface area contributed by atoms with E-state index in [0.29, 0.717) is 23.8 Å². The normalized spacial score (nSPS) is 10.3. The van der Waals surface area contributed by atoms with Crippen LogP contribution in [0.1, 0.15) is 37.6 Å². The van der Waals surface area contributed by atoms with Gasteiger partial charge in [-0.05, 0) is 25.0 Å². The van der Waals surface area contributed by atoms with Gasteiger partial charge in [0.05, 0.1) is 25.2 Å². The predicted molar refractivity (Wildman–Crippen MR) is 77.4 cm³/mol. The van der Waals surface area contributed by atoms with Crippen LogP contribution in [-0.4, -0.2) is 30.7 Å². The minimum absolute atomic E-state index is 0.104. The van der Waals surface area contributed by atoms with E-state index in [4.69, 9.17) is 4.74 Å². The second-order valence-corrected chi connectivity index (χ2v) is 4.94. The molecule has 5 heteroatoms. The predicted octanol–water partition coefficient (Wildman–Crippen LogP) is 2.43. The van der Waals surface area contributed by atoms with Crippen molar-refractivity contribution in [3.63, 3.8) is 0 Å². The topological polar surface area (TPSA) is 69.7 Å². The summed E-state index contributed by atoms with van der Waals surface area (Å²) in [5.74, 6) is -1.54. The van der Waals surface area contributed by atoms with Crippen LogP contribution in [0.15, 0.2) is 24.3 Å². The van der Waals surface area contributed by atoms with Gasteiger partial charge in [0, 0.05) is 0 Å². The zero-order valence-electron chi connectivity index (χ0n) is 12.5. The van der Waals surface area contributed by atoms with Gasteiger partial charge < -0.3 is 9.47 Å². The lowest BCUT2D eigenvalue weighted by Gasteiger charge is -2.12. The zero-order valence-corrected chi connectivity index (χ0v) is 12.5. The molecule has 0 bridgehead atoms. The summed E-state index contributed by atoms with van der Waals surface area (Å²) >= 11 is 0. The summed E-state index contributed by atoms with van der Waals surface area (Å²) in [7, 11) is 0. The maximum Gasteiger partial charge on any atom is 0.375 e. The summed E-state index contributed by atoms with van der Waals surface area (Å²) < 4.78 is 10.1. The van der Waals surface area contributed by atoms with Gasteiger partial charge in [-0.15, -0.1) is 0 Å². The Bertz CT molecular complexity index is 519. The second-order valence-electron chi connectivity index (χ2n) is 4.94. The lowest BCUT2D eigenvalue weighted by atomic mass is 10.0. The molecule has 0 aromatic heterocycles. The van der Waals surface area contributed by atoms with Crippen LogP contribution in [0.2, 0.25) is 0 Å². The van der Waals surface area contributed by atoms with Crippen LogP contribution in [0.5, 0.6) is 5.75 Å². The molecule has 0 aliphatic heterocycles. The van der Waals surface area contributed by atoms with Crippen LogP contribution in [0.25, 0.3) is 0 Å². The van der Waals surface area contributed by atoms with E-state index in [9.17, 15) is 14.4 Å². The Hall–Kier alpha value is -2.17. The van der Waals surface area contributed by atoms with E-state index in [2.05, 4.69) is 4.74 Å². The van der Waals surface area contributed by atoms with Gasteiger partial charge in [0.2, 0.25) is 5.78 Å². The average molecular weight is 292 g/mol. The molecule has 0 aliphatic rings. The molecule has 0 unspecified atom stereocenters. The van der Waals surface area contributed by atoms with Crippen LogP contribution in [0.4, 0.5) is 0 Å². The number of benzene rings is 1. The summed E-state index contributed by atoms with van der Waals surface area (Å²) in [6.45, 7) is 6.16. The monoisotopic (exact) mass is 292 g/mol. The summed E-state index contributed by atoms with van der Waals surface area (Å²) in [6, 6.07) is 6.69. The van der Waals surface area contributed by atoms with Crippen LogP contribution in [0, 0.1) is 5.92 Å². The largest absolute Gasteiger partial charge is 0.493 e. The van der Waals surface area contributed by atoms with E-state index in [1.165, 1.54) is 0 Å². The van der Waals surface area contributed by atoms with Crippen LogP contribution in [-0.2, 0) is 14.3 Å². The first-order valence-electron chi connectivity index (χ1n) is 6.90. The molecule has 5 nitrogen and oxygen atoms in total. The van der Waals surface area contributed by atoms with Crippen molar-refractivity contribution in [1.29, 1.82) is 0 Å². The molecule has 21 heavy (non-hydrogen) atoms. The summed E-state index contributed by atoms with van der Waals surface area (Å²) in [4.78, 5) is 34.9. The Labute approximate surface area is 124 Å². The fourth-order valence-corrected chi connectivity index (χ4v) is 1.60. The molecule has 0 amide bonds. The van der Waals surface area contributed by atoms with Crippen LogP contribution >= 0.6 is 0 Å². The quantitative estimate of drug-likeness (QED) is 0.318. The third-order valence-electron chi connectivity index (χ3n) is 2.58. The Kier molecular flexibility index (Phi) is 6.59. The number of hydrogen-bond donors (Lipinski definition) is 0. The van der Waals surface area contributed by atoms with E-state index in [0.717, 1.165) is 0 Å². The summed E-state index contributed by atoms with van der Waals surface area (Å²) in [5, 5.41) is 0. The number of carbonyl (C=O) groups is 3. The molecular weight excluding hydrogens is 272 g/mol. The molecule has 1 rings (SSSR count). The number of esters is 1. The van der Waals surface area contributed by atoms with E-state index in [1.54, 1.807) is 31.2 Å². The number of rotatable bonds is 8. The zero-order chi connectivity index (χ0) is 15.8. The number of ether oxygens (including phenoxy) is 2. The van der Waals surface area contributed by atoms with Gasteiger partial charge in [-0.2, -0.15) is 0 Å². The van der Waals surface area contributed by atoms with Crippen molar-refractivity contribution < 1.29 is 23.9 Å². The smallest absolute Gasteiger partial charge is 0.375 e. The fourth-order valence-electron chi connectivity index (χ4n) is 1.60. The third-order valence-corrected chi connectivity index (χ3v) is 2.58. The number of hydrogen-bond acceptors (Lipinski definition) is 5. The highest BCUT2D eigenvalue weighted by Gasteiger charge is 2.22. The molecule has 114 valence electrons. The van der Waals surface area contributed by atoms with Gasteiger partial charge in [-0.1, -0.05) is 26.0 Å². The molecular formula is C16H20O5. The Morgan fingerprint density at radius 3 is 2.43 bits per heavy atom. The Morgan fingerprint density at radius 2 is 1.81 bits per heavy atom. The summed E-state index contributed by atoms with van der Waals surface area (Å²) in [5.41, 5.74) is 0.302. The molecule has 0 fully saturated rings. The lowest BCUT2D eigenvalue weighted by molar-refractivity contribution is -0.153. The first-order chi connectivity index (χ1) is 9.95. The van der Waals surface area contributed by atoms with E-state index < -0.39 is 24.0 Å². The Morgan fingerprint density at radius 1 is 1.14 bits per heavy atom. The number of para-hydroxylation sites is 1. The molecule has 0 spiro atoms. The molecule has 0 saturated heterocycles. The van der Waals surface area contributed by atoms with Crippen molar-refractivity contribution in [2.24, 2.45) is 5.92 Å². The average Bonchev–Trinajstić information content (AvgIpc) is 2.45. The van der Waals surface area contributed by atoms with Crippen molar-refractivity contribution >= 4 is 17.5 Å². The molecule has 0 heterocycles. The fraction of sp³-hybridized carbons (Fsp3) is 0.438. The Balaban J connectivity index is 2.78. The number of carbonyl (C=O) groups excluding carboxylic acids is 3. The van der Waals surface area contributed by atoms with Gasteiger partial charge in [0.1, 0.15) is 5.75 Å². The van der Waals surface area contributed by atoms with E-state index in [-0.39, 0.29) is 6.61 Å². The third kappa shape index (κ3) is 5.38. The highest BCUT2D eigenvalue weighted by atomic mass is 16.5. The lowest BCUT2D eigenvalue weighted by Crippen LogP contribution is -2.21. The van der Waals surface area contributed by atoms with Crippen molar-refractivity contribution in [3.05, 3.63) is 29.8 Å².